The molecule has 0 radical (unpaired) electrons. The summed E-state index contributed by atoms with van der Waals surface area (Å²) < 4.78 is 15.9. The van der Waals surface area contributed by atoms with Crippen LogP contribution in [0.5, 0.6) is 11.5 Å². The number of methoxy groups -OCH3 is 2. The second kappa shape index (κ2) is 8.35. The van der Waals surface area contributed by atoms with Crippen LogP contribution in [0.15, 0.2) is 28.9 Å². The Kier molecular flexibility index (Phi) is 6.20. The predicted octanol–water partition coefficient (Wildman–Crippen LogP) is 2.42. The SMILES string of the molecule is CCCC(N)c1nc(C(=O)NCc2cccc(OC)c2OC)co1. The quantitative estimate of drug-likeness (QED) is 0.769. The van der Waals surface area contributed by atoms with Gasteiger partial charge < -0.3 is 24.9 Å². The van der Waals surface area contributed by atoms with Crippen molar-refractivity contribution in [3.8, 4) is 11.5 Å². The summed E-state index contributed by atoms with van der Waals surface area (Å²) >= 11 is 0. The first-order valence-electron chi connectivity index (χ1n) is 7.79. The number of aromatic nitrogens is 1. The van der Waals surface area contributed by atoms with Gasteiger partial charge in [-0.25, -0.2) is 4.98 Å². The van der Waals surface area contributed by atoms with Crippen LogP contribution in [-0.4, -0.2) is 25.1 Å². The van der Waals surface area contributed by atoms with Crippen molar-refractivity contribution in [1.82, 2.24) is 10.3 Å². The highest BCUT2D eigenvalue weighted by atomic mass is 16.5. The zero-order chi connectivity index (χ0) is 17.5. The summed E-state index contributed by atoms with van der Waals surface area (Å²) in [6.07, 6.45) is 2.99. The highest BCUT2D eigenvalue weighted by molar-refractivity contribution is 5.91. The van der Waals surface area contributed by atoms with Gasteiger partial charge in [0.05, 0.1) is 20.3 Å². The van der Waals surface area contributed by atoms with Crippen LogP contribution in [0.1, 0.15) is 47.7 Å². The predicted molar refractivity (Wildman–Crippen MR) is 89.1 cm³/mol. The number of amides is 1. The van der Waals surface area contributed by atoms with E-state index in [4.69, 9.17) is 19.6 Å². The Hall–Kier alpha value is -2.54. The summed E-state index contributed by atoms with van der Waals surface area (Å²) in [5.74, 6) is 1.24. The average Bonchev–Trinajstić information content (AvgIpc) is 3.09. The second-order valence-corrected chi connectivity index (χ2v) is 5.30. The van der Waals surface area contributed by atoms with Gasteiger partial charge in [-0.3, -0.25) is 4.79 Å². The van der Waals surface area contributed by atoms with Gasteiger partial charge in [0, 0.05) is 12.1 Å². The number of hydrogen-bond acceptors (Lipinski definition) is 6. The number of carbonyl (C=O) groups excluding carboxylic acids is 1. The van der Waals surface area contributed by atoms with Crippen LogP contribution >= 0.6 is 0 Å². The maximum absolute atomic E-state index is 12.2. The number of nitrogens with two attached hydrogens (primary N) is 1. The van der Waals surface area contributed by atoms with Crippen molar-refractivity contribution in [3.63, 3.8) is 0 Å². The molecule has 7 heteroatoms. The van der Waals surface area contributed by atoms with Crippen LogP contribution in [0.4, 0.5) is 0 Å². The van der Waals surface area contributed by atoms with Crippen LogP contribution in [0.3, 0.4) is 0 Å². The molecule has 3 N–H and O–H groups in total. The van der Waals surface area contributed by atoms with Gasteiger partial charge >= 0.3 is 0 Å². The number of para-hydroxylation sites is 1. The molecule has 2 rings (SSSR count). The summed E-state index contributed by atoms with van der Waals surface area (Å²) in [5.41, 5.74) is 6.94. The van der Waals surface area contributed by atoms with Gasteiger partial charge in [0.15, 0.2) is 17.2 Å². The van der Waals surface area contributed by atoms with E-state index in [9.17, 15) is 4.79 Å². The number of rotatable bonds is 8. The van der Waals surface area contributed by atoms with E-state index in [-0.39, 0.29) is 24.2 Å². The molecular weight excluding hydrogens is 310 g/mol. The topological polar surface area (TPSA) is 99.6 Å². The van der Waals surface area contributed by atoms with Crippen molar-refractivity contribution < 1.29 is 18.7 Å². The second-order valence-electron chi connectivity index (χ2n) is 5.30. The fraction of sp³-hybridized carbons (Fsp3) is 0.412. The summed E-state index contributed by atoms with van der Waals surface area (Å²) in [6, 6.07) is 5.19. The van der Waals surface area contributed by atoms with E-state index in [2.05, 4.69) is 10.3 Å². The fourth-order valence-electron chi connectivity index (χ4n) is 2.36. The number of carbonyl (C=O) groups is 1. The molecule has 7 nitrogen and oxygen atoms in total. The molecule has 2 aromatic rings. The zero-order valence-electron chi connectivity index (χ0n) is 14.2. The summed E-state index contributed by atoms with van der Waals surface area (Å²) in [7, 11) is 3.12. The van der Waals surface area contributed by atoms with Gasteiger partial charge in [-0.1, -0.05) is 25.5 Å². The summed E-state index contributed by atoms with van der Waals surface area (Å²) in [4.78, 5) is 16.4. The lowest BCUT2D eigenvalue weighted by atomic mass is 10.2. The van der Waals surface area contributed by atoms with Crippen molar-refractivity contribution >= 4 is 5.91 Å². The zero-order valence-corrected chi connectivity index (χ0v) is 14.2. The molecule has 0 spiro atoms. The molecule has 0 aliphatic heterocycles. The number of benzene rings is 1. The Balaban J connectivity index is 2.04. The summed E-state index contributed by atoms with van der Waals surface area (Å²) in [6.45, 7) is 2.31. The molecule has 1 aromatic carbocycles. The van der Waals surface area contributed by atoms with Gasteiger partial charge in [0.25, 0.3) is 5.91 Å². The van der Waals surface area contributed by atoms with E-state index in [1.165, 1.54) is 6.26 Å². The first-order valence-corrected chi connectivity index (χ1v) is 7.79. The maximum Gasteiger partial charge on any atom is 0.273 e. The number of nitrogens with one attached hydrogen (secondary N) is 1. The van der Waals surface area contributed by atoms with Crippen molar-refractivity contribution in [2.24, 2.45) is 5.73 Å². The van der Waals surface area contributed by atoms with E-state index < -0.39 is 0 Å². The molecule has 1 atom stereocenters. The van der Waals surface area contributed by atoms with Gasteiger partial charge in [0.1, 0.15) is 6.26 Å². The van der Waals surface area contributed by atoms with Gasteiger partial charge in [-0.2, -0.15) is 0 Å². The van der Waals surface area contributed by atoms with Crippen LogP contribution in [0.25, 0.3) is 0 Å². The van der Waals surface area contributed by atoms with Crippen molar-refractivity contribution in [2.45, 2.75) is 32.4 Å². The highest BCUT2D eigenvalue weighted by Gasteiger charge is 2.17. The molecule has 0 saturated carbocycles. The molecular formula is C17H23N3O4. The standard InChI is InChI=1S/C17H23N3O4/c1-4-6-12(18)17-20-13(10-24-17)16(21)19-9-11-7-5-8-14(22-2)15(11)23-3/h5,7-8,10,12H,4,6,9,18H2,1-3H3,(H,19,21). The molecule has 1 amide bonds. The third kappa shape index (κ3) is 4.05. The largest absolute Gasteiger partial charge is 0.493 e. The number of ether oxygens (including phenoxy) is 2. The monoisotopic (exact) mass is 333 g/mol. The molecule has 1 unspecified atom stereocenters. The molecule has 0 bridgehead atoms. The van der Waals surface area contributed by atoms with E-state index in [0.29, 0.717) is 17.4 Å². The minimum Gasteiger partial charge on any atom is -0.493 e. The van der Waals surface area contributed by atoms with Crippen molar-refractivity contribution in [1.29, 1.82) is 0 Å². The number of hydrogen-bond donors (Lipinski definition) is 2. The van der Waals surface area contributed by atoms with Gasteiger partial charge in [0.2, 0.25) is 5.89 Å². The van der Waals surface area contributed by atoms with Crippen LogP contribution in [-0.2, 0) is 6.54 Å². The molecule has 1 heterocycles. The Morgan fingerprint density at radius 3 is 2.83 bits per heavy atom. The first kappa shape index (κ1) is 17.8. The molecule has 0 aliphatic rings. The maximum atomic E-state index is 12.2. The minimum absolute atomic E-state index is 0.207. The van der Waals surface area contributed by atoms with Crippen LogP contribution in [0.2, 0.25) is 0 Å². The van der Waals surface area contributed by atoms with E-state index >= 15 is 0 Å². The molecule has 1 aromatic heterocycles. The molecule has 0 aliphatic carbocycles. The Labute approximate surface area is 141 Å². The third-order valence-electron chi connectivity index (χ3n) is 3.60. The normalized spacial score (nSPS) is 11.8. The Morgan fingerprint density at radius 1 is 1.38 bits per heavy atom. The lowest BCUT2D eigenvalue weighted by Gasteiger charge is -2.12. The average molecular weight is 333 g/mol. The number of nitrogens with zero attached hydrogens (tertiary/aromatic N) is 1. The van der Waals surface area contributed by atoms with Gasteiger partial charge in [-0.15, -0.1) is 0 Å². The Bertz CT molecular complexity index is 684. The van der Waals surface area contributed by atoms with Gasteiger partial charge in [-0.05, 0) is 12.5 Å². The van der Waals surface area contributed by atoms with Crippen LogP contribution < -0.4 is 20.5 Å². The van der Waals surface area contributed by atoms with E-state index in [1.54, 1.807) is 20.3 Å². The first-order chi connectivity index (χ1) is 11.6. The lowest BCUT2D eigenvalue weighted by Crippen LogP contribution is -2.23. The summed E-state index contributed by atoms with van der Waals surface area (Å²) in [5, 5.41) is 2.79. The van der Waals surface area contributed by atoms with Crippen molar-refractivity contribution in [2.75, 3.05) is 14.2 Å². The van der Waals surface area contributed by atoms with E-state index in [1.807, 2.05) is 19.1 Å². The minimum atomic E-state index is -0.335. The highest BCUT2D eigenvalue weighted by Crippen LogP contribution is 2.30. The third-order valence-corrected chi connectivity index (χ3v) is 3.60. The lowest BCUT2D eigenvalue weighted by molar-refractivity contribution is 0.0945. The molecule has 0 saturated heterocycles. The fourth-order valence-corrected chi connectivity index (χ4v) is 2.36. The molecule has 24 heavy (non-hydrogen) atoms. The number of oxazole rings is 1. The van der Waals surface area contributed by atoms with Crippen LogP contribution in [0, 0.1) is 0 Å². The van der Waals surface area contributed by atoms with E-state index in [0.717, 1.165) is 18.4 Å². The molecule has 130 valence electrons. The smallest absolute Gasteiger partial charge is 0.273 e. The molecule has 0 fully saturated rings. The van der Waals surface area contributed by atoms with Crippen molar-refractivity contribution in [3.05, 3.63) is 41.6 Å². The Morgan fingerprint density at radius 2 is 2.17 bits per heavy atom.